The number of anilines is 1. The fraction of sp³-hybridized carbons (Fsp3) is 0.483. The zero-order valence-electron chi connectivity index (χ0n) is 21.5. The van der Waals surface area contributed by atoms with Gasteiger partial charge in [0.25, 0.3) is 0 Å². The molecule has 8 heteroatoms. The number of nitrogens with zero attached hydrogens (tertiary/aromatic N) is 1. The van der Waals surface area contributed by atoms with Gasteiger partial charge in [0.05, 0.1) is 30.1 Å². The van der Waals surface area contributed by atoms with Crippen LogP contribution in [0.15, 0.2) is 60.7 Å². The van der Waals surface area contributed by atoms with Gasteiger partial charge < -0.3 is 25.4 Å². The Morgan fingerprint density at radius 3 is 2.38 bits per heavy atom. The molecule has 3 amide bonds. The fourth-order valence-electron chi connectivity index (χ4n) is 6.81. The Bertz CT molecular complexity index is 1170. The van der Waals surface area contributed by atoms with Crippen LogP contribution in [0.25, 0.3) is 0 Å². The molecule has 3 fully saturated rings. The molecule has 0 aromatic heterocycles. The topological polar surface area (TPSA) is 108 Å². The van der Waals surface area contributed by atoms with Crippen molar-refractivity contribution in [3.8, 4) is 0 Å². The molecular weight excluding hydrogens is 470 g/mol. The predicted molar refractivity (Wildman–Crippen MR) is 138 cm³/mol. The van der Waals surface area contributed by atoms with Crippen molar-refractivity contribution in [1.29, 1.82) is 0 Å². The number of hydrogen-bond acceptors (Lipinski definition) is 5. The Labute approximate surface area is 217 Å². The largest absolute Gasteiger partial charge is 0.394 e. The van der Waals surface area contributed by atoms with E-state index in [2.05, 4.69) is 10.6 Å². The normalized spacial score (nSPS) is 32.8. The van der Waals surface area contributed by atoms with Crippen molar-refractivity contribution in [3.05, 3.63) is 66.2 Å². The third kappa shape index (κ3) is 3.94. The molecule has 3 unspecified atom stereocenters. The molecule has 0 radical (unpaired) electrons. The second-order valence-corrected chi connectivity index (χ2v) is 10.8. The van der Waals surface area contributed by atoms with Crippen molar-refractivity contribution in [2.24, 2.45) is 17.8 Å². The number of carbonyl (C=O) groups is 3. The highest BCUT2D eigenvalue weighted by Crippen LogP contribution is 2.65. The number of aliphatic hydroxyl groups is 1. The molecule has 0 aliphatic carbocycles. The molecule has 0 saturated carbocycles. The number of amides is 3. The van der Waals surface area contributed by atoms with Gasteiger partial charge in [-0.25, -0.2) is 0 Å². The van der Waals surface area contributed by atoms with Gasteiger partial charge in [-0.05, 0) is 43.4 Å². The van der Waals surface area contributed by atoms with E-state index in [1.54, 1.807) is 12.1 Å². The van der Waals surface area contributed by atoms with Crippen LogP contribution >= 0.6 is 0 Å². The average Bonchev–Trinajstić information content (AvgIpc) is 3.41. The monoisotopic (exact) mass is 505 g/mol. The van der Waals surface area contributed by atoms with Crippen molar-refractivity contribution in [2.45, 2.75) is 63.4 Å². The smallest absolute Gasteiger partial charge is 0.246 e. The van der Waals surface area contributed by atoms with Crippen LogP contribution in [0.2, 0.25) is 0 Å². The first kappa shape index (κ1) is 25.4. The van der Waals surface area contributed by atoms with Crippen molar-refractivity contribution < 1.29 is 24.2 Å². The molecule has 2 aromatic rings. The highest BCUT2D eigenvalue weighted by molar-refractivity contribution is 6.02. The molecule has 3 heterocycles. The lowest BCUT2D eigenvalue weighted by Crippen LogP contribution is -2.58. The van der Waals surface area contributed by atoms with Crippen LogP contribution in [-0.4, -0.2) is 57.6 Å². The average molecular weight is 506 g/mol. The van der Waals surface area contributed by atoms with Crippen molar-refractivity contribution in [2.75, 3.05) is 11.9 Å². The lowest BCUT2D eigenvalue weighted by Gasteiger charge is -2.36. The fourth-order valence-corrected chi connectivity index (χ4v) is 6.81. The maximum atomic E-state index is 14.1. The summed E-state index contributed by atoms with van der Waals surface area (Å²) in [6.45, 7) is 5.81. The lowest BCUT2D eigenvalue weighted by molar-refractivity contribution is -0.150. The van der Waals surface area contributed by atoms with Gasteiger partial charge in [0.1, 0.15) is 11.6 Å². The maximum Gasteiger partial charge on any atom is 0.246 e. The molecule has 3 saturated heterocycles. The van der Waals surface area contributed by atoms with E-state index in [1.165, 1.54) is 4.90 Å². The predicted octanol–water partition coefficient (Wildman–Crippen LogP) is 2.72. The van der Waals surface area contributed by atoms with Gasteiger partial charge in [0, 0.05) is 12.2 Å². The summed E-state index contributed by atoms with van der Waals surface area (Å²) in [6.07, 6.45) is 0.956. The first-order valence-electron chi connectivity index (χ1n) is 13.1. The van der Waals surface area contributed by atoms with Gasteiger partial charge in [0.15, 0.2) is 0 Å². The maximum absolute atomic E-state index is 14.1. The molecule has 7 atom stereocenters. The standard InChI is InChI=1S/C29H35N3O5/c1-4-21(17-33)32-24(26(35)30-16-19-11-7-5-8-12-19)29-15-18(2)28(3,37-29)22(23(29)27(32)36)25(34)31-20-13-9-6-10-14-20/h5-14,18,21-24,33H,4,15-17H2,1-3H3,(H,30,35)(H,31,34)/t18?,21-,22+,23-,24?,28-,29?/m0/s1. The highest BCUT2D eigenvalue weighted by Gasteiger charge is 2.80. The molecule has 2 bridgehead atoms. The summed E-state index contributed by atoms with van der Waals surface area (Å²) in [5, 5.41) is 16.1. The first-order chi connectivity index (χ1) is 17.8. The number of likely N-dealkylation sites (tertiary alicyclic amines) is 1. The SMILES string of the molecule is CC[C@@H](CO)N1C(=O)[C@@H]2[C@H](C(=O)Nc3ccccc3)[C@@]3(C)OC2(CC3C)C1C(=O)NCc1ccccc1. The number of benzene rings is 2. The van der Waals surface area contributed by atoms with E-state index in [0.717, 1.165) is 5.56 Å². The second kappa shape index (κ2) is 9.58. The van der Waals surface area contributed by atoms with E-state index in [1.807, 2.05) is 69.3 Å². The van der Waals surface area contributed by atoms with Gasteiger partial charge in [-0.2, -0.15) is 0 Å². The number of para-hydroxylation sites is 1. The second-order valence-electron chi connectivity index (χ2n) is 10.8. The molecule has 5 rings (SSSR count). The quantitative estimate of drug-likeness (QED) is 0.511. The number of fused-ring (bicyclic) bond motifs is 1. The minimum atomic E-state index is -1.15. The zero-order valence-corrected chi connectivity index (χ0v) is 21.5. The molecule has 37 heavy (non-hydrogen) atoms. The van der Waals surface area contributed by atoms with Crippen LogP contribution < -0.4 is 10.6 Å². The Balaban J connectivity index is 1.52. The summed E-state index contributed by atoms with van der Waals surface area (Å²) < 4.78 is 6.71. The molecule has 8 nitrogen and oxygen atoms in total. The van der Waals surface area contributed by atoms with Crippen molar-refractivity contribution in [3.63, 3.8) is 0 Å². The van der Waals surface area contributed by atoms with Crippen LogP contribution in [-0.2, 0) is 25.7 Å². The highest BCUT2D eigenvalue weighted by atomic mass is 16.5. The molecule has 3 aliphatic rings. The Kier molecular flexibility index (Phi) is 6.58. The molecule has 2 aromatic carbocycles. The van der Waals surface area contributed by atoms with Crippen molar-refractivity contribution in [1.82, 2.24) is 10.2 Å². The zero-order chi connectivity index (χ0) is 26.4. The summed E-state index contributed by atoms with van der Waals surface area (Å²) in [5.41, 5.74) is -0.467. The van der Waals surface area contributed by atoms with Gasteiger partial charge in [-0.3, -0.25) is 14.4 Å². The number of ether oxygens (including phenoxy) is 1. The van der Waals surface area contributed by atoms with E-state index in [-0.39, 0.29) is 30.2 Å². The first-order valence-corrected chi connectivity index (χ1v) is 13.1. The van der Waals surface area contributed by atoms with Crippen LogP contribution in [0.5, 0.6) is 0 Å². The van der Waals surface area contributed by atoms with Crippen LogP contribution in [0.4, 0.5) is 5.69 Å². The summed E-state index contributed by atoms with van der Waals surface area (Å²) in [7, 11) is 0. The summed E-state index contributed by atoms with van der Waals surface area (Å²) >= 11 is 0. The summed E-state index contributed by atoms with van der Waals surface area (Å²) in [6, 6.07) is 17.2. The van der Waals surface area contributed by atoms with E-state index < -0.39 is 35.1 Å². The van der Waals surface area contributed by atoms with E-state index in [0.29, 0.717) is 25.1 Å². The number of hydrogen-bond donors (Lipinski definition) is 3. The Morgan fingerprint density at radius 1 is 1.11 bits per heavy atom. The number of aliphatic hydroxyl groups excluding tert-OH is 1. The molecule has 196 valence electrons. The van der Waals surface area contributed by atoms with E-state index in [4.69, 9.17) is 4.74 Å². The number of carbonyl (C=O) groups excluding carboxylic acids is 3. The molecule has 3 aliphatic heterocycles. The molecule has 3 N–H and O–H groups in total. The minimum Gasteiger partial charge on any atom is -0.394 e. The van der Waals surface area contributed by atoms with Gasteiger partial charge in [-0.15, -0.1) is 0 Å². The summed E-state index contributed by atoms with van der Waals surface area (Å²) in [5.74, 6) is -2.55. The Hall–Kier alpha value is -3.23. The van der Waals surface area contributed by atoms with Gasteiger partial charge >= 0.3 is 0 Å². The molecular formula is C29H35N3O5. The van der Waals surface area contributed by atoms with Crippen LogP contribution in [0.3, 0.4) is 0 Å². The third-order valence-corrected chi connectivity index (χ3v) is 8.71. The molecule has 1 spiro atoms. The van der Waals surface area contributed by atoms with E-state index >= 15 is 0 Å². The Morgan fingerprint density at radius 2 is 1.76 bits per heavy atom. The number of nitrogens with one attached hydrogen (secondary N) is 2. The van der Waals surface area contributed by atoms with E-state index in [9.17, 15) is 19.5 Å². The summed E-state index contributed by atoms with van der Waals surface area (Å²) in [4.78, 5) is 43.2. The number of rotatable bonds is 8. The van der Waals surface area contributed by atoms with Crippen molar-refractivity contribution >= 4 is 23.4 Å². The van der Waals surface area contributed by atoms with Gasteiger partial charge in [-0.1, -0.05) is 62.4 Å². The lowest BCUT2D eigenvalue weighted by atomic mass is 9.62. The van der Waals surface area contributed by atoms with Crippen LogP contribution in [0, 0.1) is 17.8 Å². The minimum absolute atomic E-state index is 0.0540. The van der Waals surface area contributed by atoms with Crippen LogP contribution in [0.1, 0.15) is 39.2 Å². The third-order valence-electron chi connectivity index (χ3n) is 8.71. The van der Waals surface area contributed by atoms with Gasteiger partial charge in [0.2, 0.25) is 17.7 Å².